The molecule has 1 aliphatic rings. The van der Waals surface area contributed by atoms with E-state index in [9.17, 15) is 14.4 Å². The summed E-state index contributed by atoms with van der Waals surface area (Å²) in [5.41, 5.74) is 3.36. The van der Waals surface area contributed by atoms with Crippen LogP contribution in [0.4, 0.5) is 5.82 Å². The lowest BCUT2D eigenvalue weighted by Crippen LogP contribution is -2.38. The summed E-state index contributed by atoms with van der Waals surface area (Å²) < 4.78 is 21.5. The third kappa shape index (κ3) is 8.27. The first-order valence-electron chi connectivity index (χ1n) is 20.4. The summed E-state index contributed by atoms with van der Waals surface area (Å²) in [5.74, 6) is -0.398. The van der Waals surface area contributed by atoms with Crippen LogP contribution in [0.3, 0.4) is 0 Å². The van der Waals surface area contributed by atoms with E-state index in [1.165, 1.54) is 18.1 Å². The second-order valence-corrected chi connectivity index (χ2v) is 16.0. The van der Waals surface area contributed by atoms with Gasteiger partial charge in [-0.05, 0) is 53.1 Å². The minimum Gasteiger partial charge on any atom is -0.497 e. The molecule has 0 spiro atoms. The van der Waals surface area contributed by atoms with Crippen LogP contribution in [-0.4, -0.2) is 61.5 Å². The van der Waals surface area contributed by atoms with E-state index < -0.39 is 29.7 Å². The molecule has 0 unspecified atom stereocenters. The van der Waals surface area contributed by atoms with Crippen LogP contribution in [0.1, 0.15) is 60.4 Å². The Labute approximate surface area is 368 Å². The van der Waals surface area contributed by atoms with Crippen LogP contribution in [0.2, 0.25) is 0 Å². The van der Waals surface area contributed by atoms with E-state index in [-0.39, 0.29) is 28.3 Å². The number of carbonyl (C=O) groups excluding carboxylic acids is 3. The van der Waals surface area contributed by atoms with Crippen molar-refractivity contribution in [1.82, 2.24) is 19.5 Å². The predicted molar refractivity (Wildman–Crippen MR) is 242 cm³/mol. The van der Waals surface area contributed by atoms with Gasteiger partial charge in [0.2, 0.25) is 5.12 Å². The maximum absolute atomic E-state index is 14.2. The molecule has 12 heteroatoms. The zero-order valence-corrected chi connectivity index (χ0v) is 35.0. The highest BCUT2D eigenvalue weighted by Crippen LogP contribution is 2.44. The van der Waals surface area contributed by atoms with Gasteiger partial charge in [0.1, 0.15) is 23.9 Å². The highest BCUT2D eigenvalue weighted by atomic mass is 32.2. The maximum Gasteiger partial charge on any atom is 0.266 e. The number of imide groups is 1. The Morgan fingerprint density at radius 3 is 1.71 bits per heavy atom. The number of imidazole rings is 1. The average Bonchev–Trinajstić information content (AvgIpc) is 3.97. The summed E-state index contributed by atoms with van der Waals surface area (Å²) in [5, 5.41) is -0.477. The van der Waals surface area contributed by atoms with Crippen LogP contribution in [0.15, 0.2) is 189 Å². The van der Waals surface area contributed by atoms with Crippen LogP contribution < -0.4 is 9.64 Å². The predicted octanol–water partition coefficient (Wildman–Crippen LogP) is 9.56. The number of hydrogen-bond acceptors (Lipinski definition) is 10. The molecular weight excluding hydrogens is 811 g/mol. The number of fused-ring (bicyclic) bond motifs is 1. The van der Waals surface area contributed by atoms with E-state index in [2.05, 4.69) is 9.97 Å². The molecule has 1 aliphatic heterocycles. The Morgan fingerprint density at radius 2 is 1.17 bits per heavy atom. The number of rotatable bonds is 13. The molecule has 0 radical (unpaired) electrons. The van der Waals surface area contributed by atoms with Gasteiger partial charge in [-0.2, -0.15) is 0 Å². The molecule has 6 aromatic carbocycles. The molecule has 3 atom stereocenters. The number of hydrogen-bond donors (Lipinski definition) is 0. The number of thioether (sulfide) groups is 1. The average molecular weight is 852 g/mol. The third-order valence-electron chi connectivity index (χ3n) is 11.1. The SMILES string of the molecule is COc1ccc(C(OC[C@H]2O[C@@H](n3cnc4c(N(C(=O)c5ccccc5)C(=O)c5ccccc5)ncnc43)C[C@@H]2SC(=O)c2ccccc2)(c2ccccc2)c2ccccc2)cc1. The topological polar surface area (TPSA) is 126 Å². The second-order valence-electron chi connectivity index (χ2n) is 14.8. The molecule has 2 aromatic heterocycles. The van der Waals surface area contributed by atoms with Crippen molar-refractivity contribution in [2.75, 3.05) is 18.6 Å². The van der Waals surface area contributed by atoms with Crippen molar-refractivity contribution in [3.05, 3.63) is 222 Å². The number of amides is 2. The molecule has 0 bridgehead atoms. The first-order valence-corrected chi connectivity index (χ1v) is 21.3. The van der Waals surface area contributed by atoms with Gasteiger partial charge in [-0.3, -0.25) is 19.0 Å². The molecule has 11 nitrogen and oxygen atoms in total. The molecule has 2 amide bonds. The highest BCUT2D eigenvalue weighted by molar-refractivity contribution is 8.14. The first-order chi connectivity index (χ1) is 30.9. The maximum atomic E-state index is 14.2. The van der Waals surface area contributed by atoms with E-state index in [0.29, 0.717) is 34.5 Å². The van der Waals surface area contributed by atoms with Crippen molar-refractivity contribution in [3.8, 4) is 5.75 Å². The fourth-order valence-electron chi connectivity index (χ4n) is 7.97. The Hall–Kier alpha value is -7.25. The number of anilines is 1. The molecule has 0 N–H and O–H groups in total. The van der Waals surface area contributed by atoms with E-state index in [1.54, 1.807) is 90.8 Å². The minimum atomic E-state index is -1.08. The quantitative estimate of drug-likeness (QED) is 0.0818. The lowest BCUT2D eigenvalue weighted by atomic mass is 9.80. The number of methoxy groups -OCH3 is 1. The van der Waals surface area contributed by atoms with Crippen molar-refractivity contribution in [2.24, 2.45) is 0 Å². The van der Waals surface area contributed by atoms with Gasteiger partial charge in [0.25, 0.3) is 11.8 Å². The lowest BCUT2D eigenvalue weighted by Gasteiger charge is -2.37. The van der Waals surface area contributed by atoms with Gasteiger partial charge in [-0.1, -0.05) is 151 Å². The van der Waals surface area contributed by atoms with Crippen LogP contribution in [0.5, 0.6) is 5.75 Å². The second kappa shape index (κ2) is 18.4. The summed E-state index contributed by atoms with van der Waals surface area (Å²) >= 11 is 1.20. The molecule has 63 heavy (non-hydrogen) atoms. The monoisotopic (exact) mass is 851 g/mol. The fourth-order valence-corrected chi connectivity index (χ4v) is 9.07. The van der Waals surface area contributed by atoms with Gasteiger partial charge < -0.3 is 14.2 Å². The summed E-state index contributed by atoms with van der Waals surface area (Å²) in [6.45, 7) is 0.0872. The summed E-state index contributed by atoms with van der Waals surface area (Å²) in [4.78, 5) is 57.1. The minimum absolute atomic E-state index is 0.0273. The van der Waals surface area contributed by atoms with Crippen LogP contribution in [0.25, 0.3) is 11.2 Å². The van der Waals surface area contributed by atoms with Gasteiger partial charge in [0.15, 0.2) is 17.0 Å². The largest absolute Gasteiger partial charge is 0.497 e. The molecular formula is C51H41N5O6S. The molecule has 9 rings (SSSR count). The van der Waals surface area contributed by atoms with Crippen LogP contribution in [-0.2, 0) is 15.1 Å². The summed E-state index contributed by atoms with van der Waals surface area (Å²) in [7, 11) is 1.64. The molecule has 3 heterocycles. The molecule has 1 saturated heterocycles. The van der Waals surface area contributed by atoms with E-state index >= 15 is 0 Å². The van der Waals surface area contributed by atoms with Gasteiger partial charge in [-0.15, -0.1) is 0 Å². The fraction of sp³-hybridized carbons (Fsp3) is 0.137. The van der Waals surface area contributed by atoms with E-state index in [0.717, 1.165) is 21.6 Å². The van der Waals surface area contributed by atoms with Crippen molar-refractivity contribution in [2.45, 2.75) is 29.6 Å². The molecule has 1 fully saturated rings. The van der Waals surface area contributed by atoms with Crippen molar-refractivity contribution >= 4 is 45.7 Å². The zero-order chi connectivity index (χ0) is 43.2. The van der Waals surface area contributed by atoms with Gasteiger partial charge in [0, 0.05) is 28.4 Å². The van der Waals surface area contributed by atoms with Crippen molar-refractivity contribution in [1.29, 1.82) is 0 Å². The third-order valence-corrected chi connectivity index (χ3v) is 12.3. The molecule has 0 aliphatic carbocycles. The standard InChI is InChI=1S/C51H41N5O6S/c1-60-41-29-27-40(28-30-41)51(38-23-13-5-14-24-38,39-25-15-6-16-26-39)61-32-42-43(63-50(59)37-21-11-4-12-22-37)31-44(62-42)55-34-54-45-46(55)52-33-53-47(45)56(48(57)35-17-7-2-8-18-35)49(58)36-19-9-3-10-20-36/h2-30,33-34,42-44H,31-32H2,1H3/t42-,43+,44-/m1/s1. The Bertz CT molecular complexity index is 2740. The number of benzene rings is 6. The molecule has 0 saturated carbocycles. The van der Waals surface area contributed by atoms with E-state index in [4.69, 9.17) is 19.2 Å². The van der Waals surface area contributed by atoms with Crippen molar-refractivity contribution in [3.63, 3.8) is 0 Å². The first kappa shape index (κ1) is 41.1. The Balaban J connectivity index is 1.10. The molecule has 312 valence electrons. The number of nitrogens with zero attached hydrogens (tertiary/aromatic N) is 5. The lowest BCUT2D eigenvalue weighted by molar-refractivity contribution is -0.0747. The smallest absolute Gasteiger partial charge is 0.266 e. The number of carbonyl (C=O) groups is 3. The van der Waals surface area contributed by atoms with Crippen molar-refractivity contribution < 1.29 is 28.6 Å². The van der Waals surface area contributed by atoms with Gasteiger partial charge >= 0.3 is 0 Å². The Kier molecular flexibility index (Phi) is 12.0. The highest BCUT2D eigenvalue weighted by Gasteiger charge is 2.44. The summed E-state index contributed by atoms with van der Waals surface area (Å²) in [6.07, 6.45) is 1.99. The molecule has 8 aromatic rings. The van der Waals surface area contributed by atoms with Crippen LogP contribution >= 0.6 is 11.8 Å². The normalized spacial score (nSPS) is 16.1. The van der Waals surface area contributed by atoms with Crippen LogP contribution in [0, 0.1) is 0 Å². The van der Waals surface area contributed by atoms with Gasteiger partial charge in [-0.25, -0.2) is 19.9 Å². The van der Waals surface area contributed by atoms with E-state index in [1.807, 2.05) is 103 Å². The number of ether oxygens (including phenoxy) is 3. The van der Waals surface area contributed by atoms with Gasteiger partial charge in [0.05, 0.1) is 26.1 Å². The summed E-state index contributed by atoms with van der Waals surface area (Å²) in [6, 6.07) is 54.2. The Morgan fingerprint density at radius 1 is 0.667 bits per heavy atom. The number of aromatic nitrogens is 4. The zero-order valence-electron chi connectivity index (χ0n) is 34.1.